The van der Waals surface area contributed by atoms with E-state index in [-0.39, 0.29) is 11.8 Å². The van der Waals surface area contributed by atoms with Gasteiger partial charge in [-0.25, -0.2) is 0 Å². The normalized spacial score (nSPS) is 20.3. The Morgan fingerprint density at radius 2 is 1.79 bits per heavy atom. The van der Waals surface area contributed by atoms with Gasteiger partial charge in [0, 0.05) is 39.0 Å². The highest BCUT2D eigenvalue weighted by atomic mass is 16.2. The Labute approximate surface area is 144 Å². The number of rotatable bonds is 5. The average Bonchev–Trinajstić information content (AvgIpc) is 3.05. The van der Waals surface area contributed by atoms with Gasteiger partial charge in [0.2, 0.25) is 11.8 Å². The van der Waals surface area contributed by atoms with Crippen LogP contribution >= 0.6 is 0 Å². The summed E-state index contributed by atoms with van der Waals surface area (Å²) in [4.78, 5) is 28.6. The van der Waals surface area contributed by atoms with E-state index in [1.54, 1.807) is 0 Å². The Hall–Kier alpha value is -1.68. The molecule has 2 amide bonds. The Morgan fingerprint density at radius 1 is 1.04 bits per heavy atom. The van der Waals surface area contributed by atoms with E-state index < -0.39 is 0 Å². The minimum Gasteiger partial charge on any atom is -0.297 e. The molecule has 0 spiro atoms. The fraction of sp³-hybridized carbons (Fsp3) is 0.600. The lowest BCUT2D eigenvalue weighted by molar-refractivity contribution is -0.144. The lowest BCUT2D eigenvalue weighted by atomic mass is 10.0. The number of carbonyl (C=O) groups excluding carboxylic acids is 2. The smallest absolute Gasteiger partial charge is 0.230 e. The monoisotopic (exact) mass is 328 g/mol. The molecule has 0 unspecified atom stereocenters. The lowest BCUT2D eigenvalue weighted by Crippen LogP contribution is -2.38. The molecule has 0 bridgehead atoms. The van der Waals surface area contributed by atoms with Crippen molar-refractivity contribution in [1.82, 2.24) is 9.80 Å². The highest BCUT2D eigenvalue weighted by Crippen LogP contribution is 2.28. The van der Waals surface area contributed by atoms with Gasteiger partial charge in [-0.2, -0.15) is 0 Å². The van der Waals surface area contributed by atoms with E-state index in [9.17, 15) is 9.59 Å². The number of nitrogens with zero attached hydrogens (tertiary/aromatic N) is 2. The Kier molecular flexibility index (Phi) is 6.02. The van der Waals surface area contributed by atoms with Crippen LogP contribution in [0.15, 0.2) is 30.3 Å². The second-order valence-electron chi connectivity index (χ2n) is 7.14. The molecular formula is C20H28N2O2. The highest BCUT2D eigenvalue weighted by molar-refractivity contribution is 5.95. The molecule has 0 atom stereocenters. The summed E-state index contributed by atoms with van der Waals surface area (Å²) in [6.07, 6.45) is 7.05. The third-order valence-corrected chi connectivity index (χ3v) is 5.37. The fourth-order valence-electron chi connectivity index (χ4n) is 3.89. The second-order valence-corrected chi connectivity index (χ2v) is 7.14. The molecular weight excluding hydrogens is 300 g/mol. The van der Waals surface area contributed by atoms with Crippen molar-refractivity contribution in [1.29, 1.82) is 0 Å². The van der Waals surface area contributed by atoms with E-state index in [0.717, 1.165) is 26.1 Å². The summed E-state index contributed by atoms with van der Waals surface area (Å²) in [5.41, 5.74) is 1.26. The Bertz CT molecular complexity index is 552. The van der Waals surface area contributed by atoms with Crippen molar-refractivity contribution >= 4 is 11.8 Å². The zero-order valence-corrected chi connectivity index (χ0v) is 14.5. The predicted molar refractivity (Wildman–Crippen MR) is 94.2 cm³/mol. The van der Waals surface area contributed by atoms with Crippen molar-refractivity contribution in [3.8, 4) is 0 Å². The van der Waals surface area contributed by atoms with Crippen molar-refractivity contribution in [2.24, 2.45) is 5.92 Å². The van der Waals surface area contributed by atoms with Crippen molar-refractivity contribution in [2.45, 2.75) is 51.5 Å². The van der Waals surface area contributed by atoms with E-state index in [2.05, 4.69) is 17.0 Å². The molecule has 1 saturated heterocycles. The zero-order valence-electron chi connectivity index (χ0n) is 14.5. The van der Waals surface area contributed by atoms with Crippen LogP contribution in [0.25, 0.3) is 0 Å². The summed E-state index contributed by atoms with van der Waals surface area (Å²) in [5.74, 6) is 0.737. The van der Waals surface area contributed by atoms with Gasteiger partial charge < -0.3 is 0 Å². The number of benzene rings is 1. The maximum absolute atomic E-state index is 12.5. The van der Waals surface area contributed by atoms with Crippen LogP contribution in [0.5, 0.6) is 0 Å². The van der Waals surface area contributed by atoms with Crippen molar-refractivity contribution in [2.75, 3.05) is 19.6 Å². The van der Waals surface area contributed by atoms with Gasteiger partial charge in [0.25, 0.3) is 0 Å². The van der Waals surface area contributed by atoms with Crippen LogP contribution in [0, 0.1) is 5.92 Å². The summed E-state index contributed by atoms with van der Waals surface area (Å²) in [5, 5.41) is 0. The fourth-order valence-corrected chi connectivity index (χ4v) is 3.89. The summed E-state index contributed by atoms with van der Waals surface area (Å²) < 4.78 is 0. The van der Waals surface area contributed by atoms with Crippen molar-refractivity contribution < 1.29 is 9.59 Å². The molecule has 4 heteroatoms. The third kappa shape index (κ3) is 4.67. The van der Waals surface area contributed by atoms with Crippen LogP contribution < -0.4 is 0 Å². The lowest BCUT2D eigenvalue weighted by Gasteiger charge is -2.21. The number of imide groups is 1. The first kappa shape index (κ1) is 17.2. The number of carbonyl (C=O) groups is 2. The standard InChI is InChI=1S/C20H28N2O2/c23-19(11-10-17-6-4-5-7-17)22-15-14-21(13-12-20(22)24)16-18-8-2-1-3-9-18/h1-3,8-9,17H,4-7,10-16H2. The minimum absolute atomic E-state index is 0.00184. The molecule has 0 aromatic heterocycles. The Balaban J connectivity index is 1.50. The molecule has 2 fully saturated rings. The van der Waals surface area contributed by atoms with Gasteiger partial charge in [-0.3, -0.25) is 19.4 Å². The van der Waals surface area contributed by atoms with Crippen LogP contribution in [-0.2, 0) is 16.1 Å². The largest absolute Gasteiger partial charge is 0.297 e. The van der Waals surface area contributed by atoms with Crippen molar-refractivity contribution in [3.05, 3.63) is 35.9 Å². The quantitative estimate of drug-likeness (QED) is 0.833. The summed E-state index contributed by atoms with van der Waals surface area (Å²) in [6.45, 7) is 2.89. The maximum Gasteiger partial charge on any atom is 0.230 e. The third-order valence-electron chi connectivity index (χ3n) is 5.37. The number of hydrogen-bond donors (Lipinski definition) is 0. The van der Waals surface area contributed by atoms with Gasteiger partial charge in [-0.1, -0.05) is 56.0 Å². The van der Waals surface area contributed by atoms with Gasteiger partial charge in [0.15, 0.2) is 0 Å². The second kappa shape index (κ2) is 8.43. The molecule has 1 aromatic carbocycles. The van der Waals surface area contributed by atoms with Crippen LogP contribution in [0.2, 0.25) is 0 Å². The molecule has 4 nitrogen and oxygen atoms in total. The van der Waals surface area contributed by atoms with Gasteiger partial charge in [-0.05, 0) is 17.9 Å². The predicted octanol–water partition coefficient (Wildman–Crippen LogP) is 3.22. The molecule has 1 aliphatic carbocycles. The highest BCUT2D eigenvalue weighted by Gasteiger charge is 2.26. The molecule has 1 saturated carbocycles. The van der Waals surface area contributed by atoms with Gasteiger partial charge in [0.1, 0.15) is 0 Å². The SMILES string of the molecule is O=C(CCC1CCCC1)N1CCN(Cc2ccccc2)CCC1=O. The van der Waals surface area contributed by atoms with Crippen LogP contribution in [-0.4, -0.2) is 41.2 Å². The zero-order chi connectivity index (χ0) is 16.8. The first-order valence-electron chi connectivity index (χ1n) is 9.32. The molecule has 130 valence electrons. The van der Waals surface area contributed by atoms with Crippen LogP contribution in [0.3, 0.4) is 0 Å². The molecule has 1 aromatic rings. The van der Waals surface area contributed by atoms with E-state index in [1.807, 2.05) is 18.2 Å². The topological polar surface area (TPSA) is 40.6 Å². The first-order chi connectivity index (χ1) is 11.7. The summed E-state index contributed by atoms with van der Waals surface area (Å²) in [6, 6.07) is 10.3. The minimum atomic E-state index is 0.00184. The van der Waals surface area contributed by atoms with Crippen LogP contribution in [0.1, 0.15) is 50.5 Å². The molecule has 1 aliphatic heterocycles. The molecule has 24 heavy (non-hydrogen) atoms. The Morgan fingerprint density at radius 3 is 2.54 bits per heavy atom. The van der Waals surface area contributed by atoms with E-state index in [0.29, 0.717) is 25.3 Å². The molecule has 2 aliphatic rings. The molecule has 3 rings (SSSR count). The van der Waals surface area contributed by atoms with E-state index in [1.165, 1.54) is 36.1 Å². The number of hydrogen-bond acceptors (Lipinski definition) is 3. The molecule has 1 heterocycles. The first-order valence-corrected chi connectivity index (χ1v) is 9.32. The van der Waals surface area contributed by atoms with Gasteiger partial charge in [-0.15, -0.1) is 0 Å². The maximum atomic E-state index is 12.5. The molecule has 0 radical (unpaired) electrons. The summed E-state index contributed by atoms with van der Waals surface area (Å²) in [7, 11) is 0. The van der Waals surface area contributed by atoms with E-state index in [4.69, 9.17) is 0 Å². The van der Waals surface area contributed by atoms with Gasteiger partial charge >= 0.3 is 0 Å². The van der Waals surface area contributed by atoms with Crippen LogP contribution in [0.4, 0.5) is 0 Å². The number of amides is 2. The van der Waals surface area contributed by atoms with Gasteiger partial charge in [0.05, 0.1) is 0 Å². The molecule has 0 N–H and O–H groups in total. The summed E-state index contributed by atoms with van der Waals surface area (Å²) >= 11 is 0. The average molecular weight is 328 g/mol. The van der Waals surface area contributed by atoms with Crippen molar-refractivity contribution in [3.63, 3.8) is 0 Å². The van der Waals surface area contributed by atoms with E-state index >= 15 is 0 Å².